The number of carbonyl (C=O) groups excluding carboxylic acids is 1. The van der Waals surface area contributed by atoms with Crippen LogP contribution < -0.4 is 15.1 Å². The average molecular weight is 394 g/mol. The van der Waals surface area contributed by atoms with Crippen molar-refractivity contribution in [3.05, 3.63) is 71.3 Å². The summed E-state index contributed by atoms with van der Waals surface area (Å²) in [7, 11) is 0. The molecular formula is C25H35N3O+2. The number of nitrogens with one attached hydrogen (secondary N) is 3. The van der Waals surface area contributed by atoms with E-state index in [-0.39, 0.29) is 5.91 Å². The van der Waals surface area contributed by atoms with Crippen LogP contribution in [0.3, 0.4) is 0 Å². The number of para-hydroxylation sites is 1. The molecule has 0 radical (unpaired) electrons. The largest absolute Gasteiger partial charge is 0.322 e. The van der Waals surface area contributed by atoms with E-state index in [9.17, 15) is 4.79 Å². The third-order valence-corrected chi connectivity index (χ3v) is 5.85. The van der Waals surface area contributed by atoms with Crippen molar-refractivity contribution < 1.29 is 14.6 Å². The molecule has 0 bridgehead atoms. The highest BCUT2D eigenvalue weighted by Gasteiger charge is 2.24. The van der Waals surface area contributed by atoms with Crippen LogP contribution in [0.5, 0.6) is 0 Å². The Kier molecular flexibility index (Phi) is 8.03. The standard InChI is InChI=1S/C25H33N3O/c1-3-22-13-8-14-23(4-2)25(22)26-24(29)20-28-18-16-27(17-19-28)15-9-12-21-10-6-5-7-11-21/h5-14H,3-4,15-20H2,1-2H3,(H,26,29)/p+2/b12-9+. The topological polar surface area (TPSA) is 38.0 Å². The van der Waals surface area contributed by atoms with Gasteiger partial charge in [-0.25, -0.2) is 0 Å². The van der Waals surface area contributed by atoms with Gasteiger partial charge in [0.05, 0.1) is 6.54 Å². The van der Waals surface area contributed by atoms with E-state index >= 15 is 0 Å². The van der Waals surface area contributed by atoms with Crippen molar-refractivity contribution in [3.63, 3.8) is 0 Å². The van der Waals surface area contributed by atoms with Gasteiger partial charge in [-0.15, -0.1) is 0 Å². The van der Waals surface area contributed by atoms with Gasteiger partial charge in [-0.3, -0.25) is 4.79 Å². The van der Waals surface area contributed by atoms with E-state index in [1.54, 1.807) is 4.90 Å². The van der Waals surface area contributed by atoms with Gasteiger partial charge in [0.15, 0.2) is 6.54 Å². The minimum Gasteiger partial charge on any atom is -0.322 e. The zero-order valence-corrected chi connectivity index (χ0v) is 17.8. The molecule has 0 aromatic heterocycles. The van der Waals surface area contributed by atoms with Crippen LogP contribution in [0.4, 0.5) is 5.69 Å². The van der Waals surface area contributed by atoms with Gasteiger partial charge >= 0.3 is 0 Å². The monoisotopic (exact) mass is 393 g/mol. The highest BCUT2D eigenvalue weighted by Crippen LogP contribution is 2.22. The van der Waals surface area contributed by atoms with Gasteiger partial charge in [0.25, 0.3) is 5.91 Å². The van der Waals surface area contributed by atoms with Crippen LogP contribution in [0.25, 0.3) is 6.08 Å². The van der Waals surface area contributed by atoms with Crippen molar-refractivity contribution in [2.45, 2.75) is 26.7 Å². The van der Waals surface area contributed by atoms with E-state index < -0.39 is 0 Å². The van der Waals surface area contributed by atoms with Crippen LogP contribution >= 0.6 is 0 Å². The van der Waals surface area contributed by atoms with Crippen LogP contribution in [-0.4, -0.2) is 45.2 Å². The maximum Gasteiger partial charge on any atom is 0.279 e. The summed E-state index contributed by atoms with van der Waals surface area (Å²) in [5, 5.41) is 3.21. The minimum absolute atomic E-state index is 0.142. The number of aryl methyl sites for hydroxylation is 2. The second-order valence-electron chi connectivity index (χ2n) is 7.90. The van der Waals surface area contributed by atoms with Crippen molar-refractivity contribution in [2.24, 2.45) is 0 Å². The smallest absolute Gasteiger partial charge is 0.279 e. The van der Waals surface area contributed by atoms with Crippen LogP contribution in [-0.2, 0) is 17.6 Å². The first-order valence-corrected chi connectivity index (χ1v) is 11.0. The molecule has 2 aromatic carbocycles. The Morgan fingerprint density at radius 3 is 2.14 bits per heavy atom. The lowest BCUT2D eigenvalue weighted by molar-refractivity contribution is -1.01. The normalized spacial score (nSPS) is 19.4. The molecule has 154 valence electrons. The Morgan fingerprint density at radius 2 is 1.52 bits per heavy atom. The van der Waals surface area contributed by atoms with E-state index in [0.717, 1.165) is 51.3 Å². The molecule has 1 heterocycles. The van der Waals surface area contributed by atoms with Gasteiger partial charge < -0.3 is 15.1 Å². The molecule has 0 unspecified atom stereocenters. The molecule has 3 N–H and O–H groups in total. The molecule has 0 spiro atoms. The minimum atomic E-state index is 0.142. The van der Waals surface area contributed by atoms with Crippen LogP contribution in [0.1, 0.15) is 30.5 Å². The number of piperazine rings is 1. The molecule has 1 fully saturated rings. The molecule has 2 aromatic rings. The Labute approximate surface area is 175 Å². The van der Waals surface area contributed by atoms with Gasteiger partial charge in [-0.05, 0) is 35.6 Å². The number of quaternary nitrogens is 2. The number of amides is 1. The molecule has 1 aliphatic heterocycles. The molecule has 1 aliphatic rings. The third kappa shape index (κ3) is 6.28. The summed E-state index contributed by atoms with van der Waals surface area (Å²) in [6.07, 6.45) is 6.36. The summed E-state index contributed by atoms with van der Waals surface area (Å²) in [6.45, 7) is 10.2. The fourth-order valence-electron chi connectivity index (χ4n) is 4.08. The second kappa shape index (κ2) is 10.9. The average Bonchev–Trinajstić information content (AvgIpc) is 2.76. The predicted octanol–water partition coefficient (Wildman–Crippen LogP) is 1.25. The van der Waals surface area contributed by atoms with E-state index in [1.165, 1.54) is 21.6 Å². The maximum atomic E-state index is 12.7. The van der Waals surface area contributed by atoms with Gasteiger partial charge in [0.2, 0.25) is 0 Å². The molecule has 3 rings (SSSR count). The Bertz CT molecular complexity index is 786. The summed E-state index contributed by atoms with van der Waals surface area (Å²) >= 11 is 0. The lowest BCUT2D eigenvalue weighted by Gasteiger charge is -2.28. The number of hydrogen-bond acceptors (Lipinski definition) is 1. The number of hydrogen-bond donors (Lipinski definition) is 3. The summed E-state index contributed by atoms with van der Waals surface area (Å²) < 4.78 is 0. The second-order valence-corrected chi connectivity index (χ2v) is 7.90. The van der Waals surface area contributed by atoms with Crippen molar-refractivity contribution in [1.82, 2.24) is 0 Å². The highest BCUT2D eigenvalue weighted by atomic mass is 16.2. The number of benzene rings is 2. The Balaban J connectivity index is 1.45. The van der Waals surface area contributed by atoms with E-state index in [2.05, 4.69) is 73.8 Å². The van der Waals surface area contributed by atoms with Crippen molar-refractivity contribution >= 4 is 17.7 Å². The summed E-state index contributed by atoms with van der Waals surface area (Å²) in [6, 6.07) is 16.8. The molecule has 0 aliphatic carbocycles. The predicted molar refractivity (Wildman–Crippen MR) is 120 cm³/mol. The lowest BCUT2D eigenvalue weighted by atomic mass is 10.0. The maximum absolute atomic E-state index is 12.7. The summed E-state index contributed by atoms with van der Waals surface area (Å²) in [5.41, 5.74) is 4.75. The first kappa shape index (κ1) is 21.3. The van der Waals surface area contributed by atoms with Gasteiger partial charge in [0.1, 0.15) is 26.2 Å². The SMILES string of the molecule is CCc1cccc(CC)c1NC(=O)C[NH+]1CC[NH+](C/C=C/c2ccccc2)CC1. The van der Waals surface area contributed by atoms with Crippen LogP contribution in [0.2, 0.25) is 0 Å². The highest BCUT2D eigenvalue weighted by molar-refractivity contribution is 5.93. The molecule has 1 amide bonds. The first-order chi connectivity index (χ1) is 14.2. The van der Waals surface area contributed by atoms with E-state index in [4.69, 9.17) is 0 Å². The first-order valence-electron chi connectivity index (χ1n) is 11.0. The molecule has 1 saturated heterocycles. The van der Waals surface area contributed by atoms with E-state index in [1.807, 2.05) is 6.07 Å². The number of anilines is 1. The van der Waals surface area contributed by atoms with Crippen LogP contribution in [0.15, 0.2) is 54.6 Å². The van der Waals surface area contributed by atoms with Crippen molar-refractivity contribution in [3.8, 4) is 0 Å². The van der Waals surface area contributed by atoms with Gasteiger partial charge in [0, 0.05) is 5.69 Å². The third-order valence-electron chi connectivity index (χ3n) is 5.85. The van der Waals surface area contributed by atoms with Gasteiger partial charge in [-0.1, -0.05) is 68.5 Å². The molecule has 0 atom stereocenters. The quantitative estimate of drug-likeness (QED) is 0.620. The van der Waals surface area contributed by atoms with Crippen molar-refractivity contribution in [1.29, 1.82) is 0 Å². The van der Waals surface area contributed by atoms with Crippen molar-refractivity contribution in [2.75, 3.05) is 44.6 Å². The molecule has 4 heteroatoms. The lowest BCUT2D eigenvalue weighted by Crippen LogP contribution is -3.28. The zero-order valence-electron chi connectivity index (χ0n) is 17.8. The molecule has 4 nitrogen and oxygen atoms in total. The Morgan fingerprint density at radius 1 is 0.897 bits per heavy atom. The number of rotatable bonds is 8. The number of carbonyl (C=O) groups is 1. The van der Waals surface area contributed by atoms with E-state index in [0.29, 0.717) is 6.54 Å². The van der Waals surface area contributed by atoms with Gasteiger partial charge in [-0.2, -0.15) is 0 Å². The molecule has 0 saturated carbocycles. The molecule has 29 heavy (non-hydrogen) atoms. The fraction of sp³-hybridized carbons (Fsp3) is 0.400. The molecular weight excluding hydrogens is 358 g/mol. The summed E-state index contributed by atoms with van der Waals surface area (Å²) in [4.78, 5) is 15.7. The zero-order chi connectivity index (χ0) is 20.5. The van der Waals surface area contributed by atoms with Crippen LogP contribution in [0, 0.1) is 0 Å². The fourth-order valence-corrected chi connectivity index (χ4v) is 4.08. The Hall–Kier alpha value is -2.43. The summed E-state index contributed by atoms with van der Waals surface area (Å²) in [5.74, 6) is 0.142.